The Morgan fingerprint density at radius 3 is 2.23 bits per heavy atom. The van der Waals surface area contributed by atoms with Gasteiger partial charge in [-0.3, -0.25) is 9.59 Å². The number of benzene rings is 2. The van der Waals surface area contributed by atoms with Crippen molar-refractivity contribution in [3.05, 3.63) is 68.7 Å². The summed E-state index contributed by atoms with van der Waals surface area (Å²) in [6.45, 7) is 3.31. The third-order valence-electron chi connectivity index (χ3n) is 3.73. The average Bonchev–Trinajstić information content (AvgIpc) is 2.56. The van der Waals surface area contributed by atoms with Gasteiger partial charge in [-0.2, -0.15) is 0 Å². The summed E-state index contributed by atoms with van der Waals surface area (Å²) in [7, 11) is 0. The van der Waals surface area contributed by atoms with Crippen LogP contribution in [0, 0.1) is 0 Å². The lowest BCUT2D eigenvalue weighted by Gasteiger charge is -2.19. The van der Waals surface area contributed by atoms with E-state index in [4.69, 9.17) is 39.5 Å². The number of esters is 1. The van der Waals surface area contributed by atoms with Gasteiger partial charge in [-0.1, -0.05) is 53.0 Å². The lowest BCUT2D eigenvalue weighted by atomic mass is 10.1. The van der Waals surface area contributed by atoms with Gasteiger partial charge in [0.15, 0.2) is 6.10 Å². The Morgan fingerprint density at radius 2 is 1.62 bits per heavy atom. The second-order valence-electron chi connectivity index (χ2n) is 5.83. The normalized spacial score (nSPS) is 13.0. The number of nitrogens with one attached hydrogen (secondary N) is 1. The smallest absolute Gasteiger partial charge is 0.311 e. The Hall–Kier alpha value is -1.75. The SMILES string of the molecule is C[C@H](NC(=O)[C@@H](C)OC(=O)Cc1ccc(Cl)cc1)c1ccc(Cl)cc1Cl. The first-order valence-corrected chi connectivity index (χ1v) is 9.09. The van der Waals surface area contributed by atoms with E-state index in [1.54, 1.807) is 49.4 Å². The van der Waals surface area contributed by atoms with Crippen LogP contribution in [-0.2, 0) is 20.7 Å². The fraction of sp³-hybridized carbons (Fsp3) is 0.263. The maximum Gasteiger partial charge on any atom is 0.311 e. The van der Waals surface area contributed by atoms with Gasteiger partial charge in [0.05, 0.1) is 12.5 Å². The molecule has 0 aliphatic carbocycles. The van der Waals surface area contributed by atoms with Gasteiger partial charge in [-0.25, -0.2) is 0 Å². The highest BCUT2D eigenvalue weighted by atomic mass is 35.5. The molecule has 0 saturated heterocycles. The van der Waals surface area contributed by atoms with Crippen LogP contribution >= 0.6 is 34.8 Å². The monoisotopic (exact) mass is 413 g/mol. The predicted octanol–water partition coefficient (Wildman–Crippen LogP) is 5.00. The summed E-state index contributed by atoms with van der Waals surface area (Å²) in [6.07, 6.45) is -0.865. The Balaban J connectivity index is 1.90. The Morgan fingerprint density at radius 1 is 1.00 bits per heavy atom. The highest BCUT2D eigenvalue weighted by molar-refractivity contribution is 6.35. The van der Waals surface area contributed by atoms with E-state index < -0.39 is 18.0 Å². The largest absolute Gasteiger partial charge is 0.452 e. The fourth-order valence-electron chi connectivity index (χ4n) is 2.32. The van der Waals surface area contributed by atoms with Crippen molar-refractivity contribution in [2.24, 2.45) is 0 Å². The molecular formula is C19H18Cl3NO3. The van der Waals surface area contributed by atoms with Crippen molar-refractivity contribution in [1.82, 2.24) is 5.32 Å². The maximum atomic E-state index is 12.3. The molecule has 1 N–H and O–H groups in total. The standard InChI is InChI=1S/C19H18Cl3NO3/c1-11(16-8-7-15(21)10-17(16)22)23-19(25)12(2)26-18(24)9-13-3-5-14(20)6-4-13/h3-8,10-12H,9H2,1-2H3,(H,23,25)/t11-,12+/m0/s1. The van der Waals surface area contributed by atoms with E-state index >= 15 is 0 Å². The summed E-state index contributed by atoms with van der Waals surface area (Å²) in [6, 6.07) is 11.5. The van der Waals surface area contributed by atoms with Crippen LogP contribution in [0.2, 0.25) is 15.1 Å². The van der Waals surface area contributed by atoms with E-state index in [0.717, 1.165) is 11.1 Å². The number of amides is 1. The molecule has 4 nitrogen and oxygen atoms in total. The van der Waals surface area contributed by atoms with E-state index in [0.29, 0.717) is 15.1 Å². The predicted molar refractivity (Wildman–Crippen MR) is 104 cm³/mol. The van der Waals surface area contributed by atoms with Gasteiger partial charge in [0.1, 0.15) is 0 Å². The second-order valence-corrected chi connectivity index (χ2v) is 7.11. The van der Waals surface area contributed by atoms with Gasteiger partial charge < -0.3 is 10.1 Å². The molecule has 0 heterocycles. The van der Waals surface area contributed by atoms with Gasteiger partial charge in [0.25, 0.3) is 5.91 Å². The van der Waals surface area contributed by atoms with E-state index in [-0.39, 0.29) is 12.5 Å². The third-order valence-corrected chi connectivity index (χ3v) is 4.54. The molecule has 26 heavy (non-hydrogen) atoms. The Labute approximate surface area is 167 Å². The highest BCUT2D eigenvalue weighted by Crippen LogP contribution is 2.26. The number of carbonyl (C=O) groups is 2. The molecule has 0 unspecified atom stereocenters. The van der Waals surface area contributed by atoms with E-state index in [2.05, 4.69) is 5.32 Å². The van der Waals surface area contributed by atoms with Crippen molar-refractivity contribution in [2.45, 2.75) is 32.4 Å². The van der Waals surface area contributed by atoms with E-state index in [1.165, 1.54) is 6.92 Å². The van der Waals surface area contributed by atoms with Crippen molar-refractivity contribution in [2.75, 3.05) is 0 Å². The molecule has 0 aliphatic rings. The Bertz CT molecular complexity index is 793. The molecule has 1 amide bonds. The summed E-state index contributed by atoms with van der Waals surface area (Å²) < 4.78 is 5.19. The minimum absolute atomic E-state index is 0.0629. The molecule has 0 aromatic heterocycles. The molecule has 0 saturated carbocycles. The fourth-order valence-corrected chi connectivity index (χ4v) is 3.02. The first-order chi connectivity index (χ1) is 12.3. The van der Waals surface area contributed by atoms with Gasteiger partial charge in [0.2, 0.25) is 0 Å². The number of rotatable bonds is 6. The molecule has 0 aliphatic heterocycles. The molecular weight excluding hydrogens is 397 g/mol. The molecule has 2 aromatic carbocycles. The Kier molecular flexibility index (Phi) is 7.33. The van der Waals surface area contributed by atoms with Crippen LogP contribution in [0.25, 0.3) is 0 Å². The summed E-state index contributed by atoms with van der Waals surface area (Å²) in [4.78, 5) is 24.3. The zero-order valence-corrected chi connectivity index (χ0v) is 16.5. The summed E-state index contributed by atoms with van der Waals surface area (Å²) in [5, 5.41) is 4.33. The maximum absolute atomic E-state index is 12.3. The lowest BCUT2D eigenvalue weighted by Crippen LogP contribution is -2.37. The van der Waals surface area contributed by atoms with Crippen LogP contribution in [0.5, 0.6) is 0 Å². The third kappa shape index (κ3) is 5.90. The summed E-state index contributed by atoms with van der Waals surface area (Å²) in [5.74, 6) is -0.903. The minimum atomic E-state index is -0.927. The van der Waals surface area contributed by atoms with Crippen LogP contribution in [-0.4, -0.2) is 18.0 Å². The van der Waals surface area contributed by atoms with Crippen molar-refractivity contribution in [3.8, 4) is 0 Å². The lowest BCUT2D eigenvalue weighted by molar-refractivity contribution is -0.154. The number of hydrogen-bond acceptors (Lipinski definition) is 3. The molecule has 0 fully saturated rings. The number of carbonyl (C=O) groups excluding carboxylic acids is 2. The van der Waals surface area contributed by atoms with Crippen molar-refractivity contribution < 1.29 is 14.3 Å². The molecule has 2 atom stereocenters. The molecule has 0 radical (unpaired) electrons. The first-order valence-electron chi connectivity index (χ1n) is 7.95. The zero-order chi connectivity index (χ0) is 19.3. The molecule has 0 spiro atoms. The second kappa shape index (κ2) is 9.26. The summed E-state index contributed by atoms with van der Waals surface area (Å²) >= 11 is 17.8. The molecule has 0 bridgehead atoms. The number of halogens is 3. The number of hydrogen-bond donors (Lipinski definition) is 1. The zero-order valence-electron chi connectivity index (χ0n) is 14.3. The molecule has 138 valence electrons. The first kappa shape index (κ1) is 20.6. The topological polar surface area (TPSA) is 55.4 Å². The molecule has 7 heteroatoms. The van der Waals surface area contributed by atoms with Gasteiger partial charge >= 0.3 is 5.97 Å². The highest BCUT2D eigenvalue weighted by Gasteiger charge is 2.21. The quantitative estimate of drug-likeness (QED) is 0.677. The summed E-state index contributed by atoms with van der Waals surface area (Å²) in [5.41, 5.74) is 1.48. The van der Waals surface area contributed by atoms with Crippen LogP contribution in [0.3, 0.4) is 0 Å². The van der Waals surface area contributed by atoms with E-state index in [9.17, 15) is 9.59 Å². The van der Waals surface area contributed by atoms with Crippen molar-refractivity contribution in [3.63, 3.8) is 0 Å². The van der Waals surface area contributed by atoms with Gasteiger partial charge in [-0.05, 0) is 49.2 Å². The van der Waals surface area contributed by atoms with Gasteiger partial charge in [0, 0.05) is 15.1 Å². The van der Waals surface area contributed by atoms with Crippen LogP contribution in [0.15, 0.2) is 42.5 Å². The van der Waals surface area contributed by atoms with E-state index in [1.807, 2.05) is 0 Å². The van der Waals surface area contributed by atoms with Crippen LogP contribution < -0.4 is 5.32 Å². The molecule has 2 rings (SSSR count). The number of ether oxygens (including phenoxy) is 1. The van der Waals surface area contributed by atoms with Crippen molar-refractivity contribution in [1.29, 1.82) is 0 Å². The van der Waals surface area contributed by atoms with Gasteiger partial charge in [-0.15, -0.1) is 0 Å². The minimum Gasteiger partial charge on any atom is -0.452 e. The van der Waals surface area contributed by atoms with Crippen LogP contribution in [0.4, 0.5) is 0 Å². The molecule has 2 aromatic rings. The van der Waals surface area contributed by atoms with Crippen LogP contribution in [0.1, 0.15) is 31.0 Å². The van der Waals surface area contributed by atoms with Crippen molar-refractivity contribution >= 4 is 46.7 Å². The average molecular weight is 415 g/mol.